The Hall–Kier alpha value is -3.08. The standard InChI is InChI=1S/C21H20N2O3/c1-14-10-17(11-15(2)20(14)16-6-4-3-5-7-16)25-13-18-12-23-9-8-19(24)22-21(23)26-18/h3-11,18H,12-13H2,1-2H3. The summed E-state index contributed by atoms with van der Waals surface area (Å²) < 4.78 is 13.5. The molecule has 0 aliphatic carbocycles. The molecule has 0 saturated heterocycles. The number of nitrogens with zero attached hydrogens (tertiary/aromatic N) is 2. The van der Waals surface area contributed by atoms with Gasteiger partial charge in [0.25, 0.3) is 11.6 Å². The number of hydrogen-bond acceptors (Lipinski definition) is 4. The number of rotatable bonds is 4. The molecule has 1 aliphatic rings. The fraction of sp³-hybridized carbons (Fsp3) is 0.238. The molecule has 1 aliphatic heterocycles. The van der Waals surface area contributed by atoms with Gasteiger partial charge in [-0.1, -0.05) is 30.3 Å². The quantitative estimate of drug-likeness (QED) is 0.725. The molecule has 5 nitrogen and oxygen atoms in total. The number of fused-ring (bicyclic) bond motifs is 1. The molecule has 2 aromatic carbocycles. The van der Waals surface area contributed by atoms with E-state index in [1.54, 1.807) is 6.20 Å². The molecule has 1 unspecified atom stereocenters. The van der Waals surface area contributed by atoms with E-state index in [-0.39, 0.29) is 11.7 Å². The summed E-state index contributed by atoms with van der Waals surface area (Å²) >= 11 is 0. The molecule has 0 radical (unpaired) electrons. The largest absolute Gasteiger partial charge is 0.490 e. The van der Waals surface area contributed by atoms with E-state index in [1.165, 1.54) is 28.3 Å². The molecule has 0 amide bonds. The first-order valence-electron chi connectivity index (χ1n) is 8.64. The third-order valence-corrected chi connectivity index (χ3v) is 4.53. The molecule has 3 aromatic rings. The average Bonchev–Trinajstić information content (AvgIpc) is 3.02. The first-order chi connectivity index (χ1) is 12.6. The Labute approximate surface area is 151 Å². The van der Waals surface area contributed by atoms with Gasteiger partial charge in [0.1, 0.15) is 12.4 Å². The van der Waals surface area contributed by atoms with Crippen molar-refractivity contribution in [3.05, 3.63) is 76.2 Å². The lowest BCUT2D eigenvalue weighted by molar-refractivity contribution is 0.143. The van der Waals surface area contributed by atoms with Crippen molar-refractivity contribution in [3.8, 4) is 22.9 Å². The highest BCUT2D eigenvalue weighted by Gasteiger charge is 2.23. The maximum Gasteiger partial charge on any atom is 0.300 e. The number of ether oxygens (including phenoxy) is 2. The van der Waals surface area contributed by atoms with Crippen LogP contribution in [0.3, 0.4) is 0 Å². The second-order valence-electron chi connectivity index (χ2n) is 6.55. The van der Waals surface area contributed by atoms with Crippen LogP contribution in [0.1, 0.15) is 11.1 Å². The van der Waals surface area contributed by atoms with E-state index in [1.807, 2.05) is 22.8 Å². The Morgan fingerprint density at radius 3 is 2.62 bits per heavy atom. The van der Waals surface area contributed by atoms with Gasteiger partial charge in [0, 0.05) is 12.3 Å². The average molecular weight is 348 g/mol. The van der Waals surface area contributed by atoms with E-state index in [0.717, 1.165) is 5.75 Å². The van der Waals surface area contributed by atoms with Gasteiger partial charge in [-0.05, 0) is 48.2 Å². The maximum atomic E-state index is 11.3. The zero-order chi connectivity index (χ0) is 18.1. The van der Waals surface area contributed by atoms with Crippen molar-refractivity contribution in [2.24, 2.45) is 0 Å². The van der Waals surface area contributed by atoms with Crippen LogP contribution in [0.25, 0.3) is 11.1 Å². The van der Waals surface area contributed by atoms with Gasteiger partial charge in [-0.3, -0.25) is 9.36 Å². The molecular formula is C21H20N2O3. The minimum atomic E-state index is -0.291. The molecule has 2 heterocycles. The van der Waals surface area contributed by atoms with Crippen LogP contribution < -0.4 is 15.0 Å². The molecule has 1 atom stereocenters. The van der Waals surface area contributed by atoms with E-state index in [4.69, 9.17) is 9.47 Å². The molecule has 0 fully saturated rings. The SMILES string of the molecule is Cc1cc(OCC2Cn3ccc(=O)nc3O2)cc(C)c1-c1ccccc1. The van der Waals surface area contributed by atoms with Crippen LogP contribution >= 0.6 is 0 Å². The smallest absolute Gasteiger partial charge is 0.300 e. The maximum absolute atomic E-state index is 11.3. The summed E-state index contributed by atoms with van der Waals surface area (Å²) in [6.07, 6.45) is 1.55. The Morgan fingerprint density at radius 1 is 1.15 bits per heavy atom. The van der Waals surface area contributed by atoms with Crippen LogP contribution in [0.5, 0.6) is 11.8 Å². The Morgan fingerprint density at radius 2 is 1.88 bits per heavy atom. The van der Waals surface area contributed by atoms with Gasteiger partial charge in [0.2, 0.25) is 0 Å². The number of aromatic nitrogens is 2. The summed E-state index contributed by atoms with van der Waals surface area (Å²) in [5.41, 5.74) is 4.51. The van der Waals surface area contributed by atoms with Gasteiger partial charge in [0.05, 0.1) is 6.54 Å². The Balaban J connectivity index is 1.48. The van der Waals surface area contributed by atoms with Gasteiger partial charge < -0.3 is 9.47 Å². The number of aryl methyl sites for hydroxylation is 2. The molecule has 4 rings (SSSR count). The monoisotopic (exact) mass is 348 g/mol. The van der Waals surface area contributed by atoms with Gasteiger partial charge >= 0.3 is 0 Å². The van der Waals surface area contributed by atoms with Crippen LogP contribution in [0, 0.1) is 13.8 Å². The van der Waals surface area contributed by atoms with E-state index in [2.05, 4.69) is 43.1 Å². The van der Waals surface area contributed by atoms with E-state index >= 15 is 0 Å². The summed E-state index contributed by atoms with van der Waals surface area (Å²) in [7, 11) is 0. The Bertz CT molecular complexity index is 973. The molecule has 0 bridgehead atoms. The first-order valence-corrected chi connectivity index (χ1v) is 8.64. The van der Waals surface area contributed by atoms with Crippen molar-refractivity contribution in [1.29, 1.82) is 0 Å². The van der Waals surface area contributed by atoms with Gasteiger partial charge in [-0.2, -0.15) is 4.98 Å². The van der Waals surface area contributed by atoms with Crippen LogP contribution in [-0.2, 0) is 6.54 Å². The first kappa shape index (κ1) is 16.4. The predicted molar refractivity (Wildman–Crippen MR) is 99.8 cm³/mol. The van der Waals surface area contributed by atoms with E-state index in [9.17, 15) is 4.79 Å². The predicted octanol–water partition coefficient (Wildman–Crippen LogP) is 3.37. The van der Waals surface area contributed by atoms with Gasteiger partial charge in [-0.25, -0.2) is 0 Å². The summed E-state index contributed by atoms with van der Waals surface area (Å²) in [6.45, 7) is 5.23. The summed E-state index contributed by atoms with van der Waals surface area (Å²) in [5, 5.41) is 0. The van der Waals surface area contributed by atoms with Crippen molar-refractivity contribution in [1.82, 2.24) is 9.55 Å². The third-order valence-electron chi connectivity index (χ3n) is 4.53. The van der Waals surface area contributed by atoms with Crippen LogP contribution in [0.4, 0.5) is 0 Å². The lowest BCUT2D eigenvalue weighted by atomic mass is 9.95. The molecule has 0 saturated carbocycles. The molecule has 1 aromatic heterocycles. The third kappa shape index (κ3) is 3.20. The highest BCUT2D eigenvalue weighted by molar-refractivity contribution is 5.71. The molecule has 26 heavy (non-hydrogen) atoms. The molecule has 0 N–H and O–H groups in total. The molecule has 0 spiro atoms. The topological polar surface area (TPSA) is 53.4 Å². The lowest BCUT2D eigenvalue weighted by Gasteiger charge is -2.15. The van der Waals surface area contributed by atoms with Crippen molar-refractivity contribution < 1.29 is 9.47 Å². The van der Waals surface area contributed by atoms with Crippen LogP contribution in [0.2, 0.25) is 0 Å². The Kier molecular flexibility index (Phi) is 4.21. The van der Waals surface area contributed by atoms with E-state index < -0.39 is 0 Å². The minimum absolute atomic E-state index is 0.154. The molecular weight excluding hydrogens is 328 g/mol. The van der Waals surface area contributed by atoms with Crippen molar-refractivity contribution in [2.45, 2.75) is 26.5 Å². The number of hydrogen-bond donors (Lipinski definition) is 0. The van der Waals surface area contributed by atoms with Crippen LogP contribution in [-0.4, -0.2) is 22.3 Å². The van der Waals surface area contributed by atoms with Crippen molar-refractivity contribution >= 4 is 0 Å². The van der Waals surface area contributed by atoms with Gasteiger partial charge in [-0.15, -0.1) is 0 Å². The summed E-state index contributed by atoms with van der Waals surface area (Å²) in [5.74, 6) is 0.821. The minimum Gasteiger partial charge on any atom is -0.490 e. The number of benzene rings is 2. The van der Waals surface area contributed by atoms with Crippen LogP contribution in [0.15, 0.2) is 59.5 Å². The highest BCUT2D eigenvalue weighted by atomic mass is 16.6. The normalized spacial score (nSPS) is 15.4. The zero-order valence-corrected chi connectivity index (χ0v) is 14.8. The van der Waals surface area contributed by atoms with Crippen molar-refractivity contribution in [3.63, 3.8) is 0 Å². The fourth-order valence-electron chi connectivity index (χ4n) is 3.40. The second kappa shape index (κ2) is 6.67. The summed E-state index contributed by atoms with van der Waals surface area (Å²) in [4.78, 5) is 15.2. The van der Waals surface area contributed by atoms with Gasteiger partial charge in [0.15, 0.2) is 6.10 Å². The fourth-order valence-corrected chi connectivity index (χ4v) is 3.40. The summed E-state index contributed by atoms with van der Waals surface area (Å²) in [6, 6.07) is 16.3. The molecule has 132 valence electrons. The zero-order valence-electron chi connectivity index (χ0n) is 14.8. The van der Waals surface area contributed by atoms with E-state index in [0.29, 0.717) is 19.2 Å². The molecule has 5 heteroatoms. The van der Waals surface area contributed by atoms with Crippen molar-refractivity contribution in [2.75, 3.05) is 6.61 Å². The second-order valence-corrected chi connectivity index (χ2v) is 6.55. The lowest BCUT2D eigenvalue weighted by Crippen LogP contribution is -2.23. The highest BCUT2D eigenvalue weighted by Crippen LogP contribution is 2.31.